The molecule has 2 rings (SSSR count). The summed E-state index contributed by atoms with van der Waals surface area (Å²) < 4.78 is 0. The van der Waals surface area contributed by atoms with E-state index in [0.29, 0.717) is 17.3 Å². The normalized spacial score (nSPS) is 15.4. The van der Waals surface area contributed by atoms with Gasteiger partial charge in [0, 0.05) is 23.3 Å². The predicted octanol–water partition coefficient (Wildman–Crippen LogP) is 3.28. The van der Waals surface area contributed by atoms with E-state index in [4.69, 9.17) is 0 Å². The summed E-state index contributed by atoms with van der Waals surface area (Å²) in [5.74, 6) is -0.0370. The minimum Gasteiger partial charge on any atom is -0.349 e. The van der Waals surface area contributed by atoms with Gasteiger partial charge in [0.2, 0.25) is 0 Å². The lowest BCUT2D eigenvalue weighted by molar-refractivity contribution is 0.0927. The summed E-state index contributed by atoms with van der Waals surface area (Å²) in [4.78, 5) is 23.8. The number of hydrogen-bond donors (Lipinski definition) is 3. The van der Waals surface area contributed by atoms with E-state index in [1.807, 2.05) is 13.8 Å². The molecule has 0 spiro atoms. The molecule has 0 aliphatic heterocycles. The summed E-state index contributed by atoms with van der Waals surface area (Å²) in [6, 6.07) is 7.11. The molecule has 120 valence electrons. The fourth-order valence-corrected chi connectivity index (χ4v) is 2.65. The molecule has 1 aliphatic rings. The van der Waals surface area contributed by atoms with Crippen molar-refractivity contribution in [3.05, 3.63) is 29.8 Å². The van der Waals surface area contributed by atoms with E-state index in [0.717, 1.165) is 12.8 Å². The molecule has 1 aromatic rings. The second-order valence-corrected chi connectivity index (χ2v) is 6.14. The van der Waals surface area contributed by atoms with Crippen LogP contribution in [-0.4, -0.2) is 24.0 Å². The molecule has 0 saturated heterocycles. The zero-order valence-electron chi connectivity index (χ0n) is 13.3. The predicted molar refractivity (Wildman–Crippen MR) is 88.1 cm³/mol. The van der Waals surface area contributed by atoms with Crippen LogP contribution in [0.3, 0.4) is 0 Å². The van der Waals surface area contributed by atoms with Crippen molar-refractivity contribution in [2.45, 2.75) is 58.0 Å². The van der Waals surface area contributed by atoms with Gasteiger partial charge in [-0.3, -0.25) is 4.79 Å². The molecule has 0 bridgehead atoms. The maximum atomic E-state index is 12.2. The summed E-state index contributed by atoms with van der Waals surface area (Å²) in [5.41, 5.74) is 1.30. The molecule has 3 N–H and O–H groups in total. The number of benzene rings is 1. The fourth-order valence-electron chi connectivity index (χ4n) is 2.65. The van der Waals surface area contributed by atoms with Gasteiger partial charge in [0.1, 0.15) is 0 Å². The second-order valence-electron chi connectivity index (χ2n) is 6.14. The van der Waals surface area contributed by atoms with Gasteiger partial charge in [-0.2, -0.15) is 0 Å². The molecule has 22 heavy (non-hydrogen) atoms. The third kappa shape index (κ3) is 5.06. The van der Waals surface area contributed by atoms with Crippen molar-refractivity contribution in [1.29, 1.82) is 0 Å². The summed E-state index contributed by atoms with van der Waals surface area (Å²) in [6.07, 6.45) is 5.80. The fraction of sp³-hybridized carbons (Fsp3) is 0.529. The molecule has 1 aromatic carbocycles. The average Bonchev–Trinajstić information content (AvgIpc) is 2.48. The van der Waals surface area contributed by atoms with Crippen molar-refractivity contribution >= 4 is 17.6 Å². The number of urea groups is 1. The quantitative estimate of drug-likeness (QED) is 0.799. The van der Waals surface area contributed by atoms with Crippen LogP contribution in [0.4, 0.5) is 10.5 Å². The lowest BCUT2D eigenvalue weighted by Gasteiger charge is -2.22. The van der Waals surface area contributed by atoms with E-state index in [1.54, 1.807) is 24.3 Å². The number of anilines is 1. The Morgan fingerprint density at radius 1 is 1.05 bits per heavy atom. The van der Waals surface area contributed by atoms with Crippen LogP contribution in [0.25, 0.3) is 0 Å². The van der Waals surface area contributed by atoms with Gasteiger partial charge in [0.15, 0.2) is 0 Å². The molecule has 0 atom stereocenters. The largest absolute Gasteiger partial charge is 0.349 e. The molecule has 0 heterocycles. The summed E-state index contributed by atoms with van der Waals surface area (Å²) in [6.45, 7) is 3.80. The Hall–Kier alpha value is -2.04. The first-order valence-electron chi connectivity index (χ1n) is 8.03. The molecular formula is C17H25N3O2. The topological polar surface area (TPSA) is 70.2 Å². The van der Waals surface area contributed by atoms with Gasteiger partial charge in [0.05, 0.1) is 0 Å². The zero-order chi connectivity index (χ0) is 15.9. The Labute approximate surface area is 131 Å². The van der Waals surface area contributed by atoms with Gasteiger partial charge in [-0.15, -0.1) is 0 Å². The Kier molecular flexibility index (Phi) is 5.81. The van der Waals surface area contributed by atoms with Crippen molar-refractivity contribution in [3.8, 4) is 0 Å². The van der Waals surface area contributed by atoms with E-state index in [-0.39, 0.29) is 18.0 Å². The van der Waals surface area contributed by atoms with Crippen LogP contribution < -0.4 is 16.0 Å². The minimum atomic E-state index is -0.241. The lowest BCUT2D eigenvalue weighted by Crippen LogP contribution is -2.36. The van der Waals surface area contributed by atoms with Gasteiger partial charge in [0.25, 0.3) is 5.91 Å². The molecule has 1 aliphatic carbocycles. The molecule has 0 unspecified atom stereocenters. The maximum absolute atomic E-state index is 12.2. The first-order chi connectivity index (χ1) is 10.5. The van der Waals surface area contributed by atoms with E-state index < -0.39 is 0 Å². The van der Waals surface area contributed by atoms with Crippen LogP contribution in [0.15, 0.2) is 24.3 Å². The monoisotopic (exact) mass is 303 g/mol. The van der Waals surface area contributed by atoms with Gasteiger partial charge in [-0.1, -0.05) is 19.3 Å². The van der Waals surface area contributed by atoms with Crippen LogP contribution in [-0.2, 0) is 0 Å². The Balaban J connectivity index is 1.87. The van der Waals surface area contributed by atoms with Gasteiger partial charge < -0.3 is 16.0 Å². The molecule has 1 saturated carbocycles. The number of carbonyl (C=O) groups excluding carboxylic acids is 2. The van der Waals surface area contributed by atoms with E-state index in [1.165, 1.54) is 19.3 Å². The Morgan fingerprint density at radius 2 is 1.68 bits per heavy atom. The lowest BCUT2D eigenvalue weighted by atomic mass is 9.95. The molecular weight excluding hydrogens is 278 g/mol. The van der Waals surface area contributed by atoms with E-state index >= 15 is 0 Å². The minimum absolute atomic E-state index is 0.0370. The number of carbonyl (C=O) groups is 2. The smallest absolute Gasteiger partial charge is 0.319 e. The number of rotatable bonds is 4. The van der Waals surface area contributed by atoms with E-state index in [2.05, 4.69) is 16.0 Å². The third-order valence-corrected chi connectivity index (χ3v) is 3.77. The Morgan fingerprint density at radius 3 is 2.27 bits per heavy atom. The van der Waals surface area contributed by atoms with Crippen molar-refractivity contribution in [2.75, 3.05) is 5.32 Å². The van der Waals surface area contributed by atoms with Gasteiger partial charge >= 0.3 is 6.03 Å². The van der Waals surface area contributed by atoms with Gasteiger partial charge in [-0.05, 0) is 51.0 Å². The van der Waals surface area contributed by atoms with Crippen molar-refractivity contribution < 1.29 is 9.59 Å². The van der Waals surface area contributed by atoms with Crippen LogP contribution >= 0.6 is 0 Å². The van der Waals surface area contributed by atoms with Crippen LogP contribution in [0.5, 0.6) is 0 Å². The van der Waals surface area contributed by atoms with Crippen molar-refractivity contribution in [1.82, 2.24) is 10.6 Å². The highest BCUT2D eigenvalue weighted by atomic mass is 16.2. The third-order valence-electron chi connectivity index (χ3n) is 3.77. The van der Waals surface area contributed by atoms with Crippen molar-refractivity contribution in [2.24, 2.45) is 0 Å². The van der Waals surface area contributed by atoms with Crippen LogP contribution in [0.1, 0.15) is 56.3 Å². The average molecular weight is 303 g/mol. The molecule has 3 amide bonds. The first-order valence-corrected chi connectivity index (χ1v) is 8.03. The highest BCUT2D eigenvalue weighted by Crippen LogP contribution is 2.18. The highest BCUT2D eigenvalue weighted by Gasteiger charge is 2.16. The summed E-state index contributed by atoms with van der Waals surface area (Å²) >= 11 is 0. The van der Waals surface area contributed by atoms with Gasteiger partial charge in [-0.25, -0.2) is 4.79 Å². The standard InChI is InChI=1S/C17H25N3O2/c1-12(2)18-17(22)20-15-10-8-13(9-11-15)16(21)19-14-6-4-3-5-7-14/h8-12,14H,3-7H2,1-2H3,(H,19,21)(H2,18,20,22). The molecule has 0 radical (unpaired) electrons. The highest BCUT2D eigenvalue weighted by molar-refractivity contribution is 5.95. The maximum Gasteiger partial charge on any atom is 0.319 e. The zero-order valence-corrected chi connectivity index (χ0v) is 13.3. The summed E-state index contributed by atoms with van der Waals surface area (Å²) in [7, 11) is 0. The molecule has 0 aromatic heterocycles. The number of nitrogens with one attached hydrogen (secondary N) is 3. The first kappa shape index (κ1) is 16.3. The molecule has 5 nitrogen and oxygen atoms in total. The molecule has 5 heteroatoms. The van der Waals surface area contributed by atoms with Crippen LogP contribution in [0, 0.1) is 0 Å². The molecule has 1 fully saturated rings. The second kappa shape index (κ2) is 7.82. The van der Waals surface area contributed by atoms with E-state index in [9.17, 15) is 9.59 Å². The number of hydrogen-bond acceptors (Lipinski definition) is 2. The Bertz CT molecular complexity index is 505. The van der Waals surface area contributed by atoms with Crippen LogP contribution in [0.2, 0.25) is 0 Å². The SMILES string of the molecule is CC(C)NC(=O)Nc1ccc(C(=O)NC2CCCCC2)cc1. The number of amides is 3. The van der Waals surface area contributed by atoms with Crippen molar-refractivity contribution in [3.63, 3.8) is 0 Å². The summed E-state index contributed by atoms with van der Waals surface area (Å²) in [5, 5.41) is 8.58.